The van der Waals surface area contributed by atoms with Gasteiger partial charge in [0.1, 0.15) is 0 Å². The number of nitrogens with two attached hydrogens (primary N) is 2. The van der Waals surface area contributed by atoms with Gasteiger partial charge in [-0.3, -0.25) is 4.79 Å². The molecule has 0 bridgehead atoms. The third-order valence-electron chi connectivity index (χ3n) is 1.80. The lowest BCUT2D eigenvalue weighted by molar-refractivity contribution is -0.113. The lowest BCUT2D eigenvalue weighted by Crippen LogP contribution is -2.06. The van der Waals surface area contributed by atoms with Gasteiger partial charge in [-0.25, -0.2) is 4.79 Å². The predicted molar refractivity (Wildman–Crippen MR) is 56.0 cm³/mol. The highest BCUT2D eigenvalue weighted by Crippen LogP contribution is 2.18. The van der Waals surface area contributed by atoms with Crippen LogP contribution in [0.15, 0.2) is 24.3 Å². The fourth-order valence-corrected chi connectivity index (χ4v) is 1.09. The van der Waals surface area contributed by atoms with Crippen molar-refractivity contribution in [2.45, 2.75) is 0 Å². The molecule has 0 unspecified atom stereocenters. The van der Waals surface area contributed by atoms with E-state index in [0.29, 0.717) is 5.56 Å². The van der Waals surface area contributed by atoms with Crippen molar-refractivity contribution < 1.29 is 14.7 Å². The molecule has 0 aliphatic carbocycles. The van der Waals surface area contributed by atoms with Crippen LogP contribution in [0.5, 0.6) is 0 Å². The number of hydrogen-bond donors (Lipinski definition) is 3. The Labute approximate surface area is 86.0 Å². The number of carbonyl (C=O) groups excluding carboxylic acids is 1. The summed E-state index contributed by atoms with van der Waals surface area (Å²) in [5.41, 5.74) is 11.1. The predicted octanol–water partition coefficient (Wildman–Crippen LogP) is 0.466. The molecule has 0 spiro atoms. The fraction of sp³-hybridized carbons (Fsp3) is 0. The number of carbonyl (C=O) groups is 2. The maximum absolute atomic E-state index is 10.7. The molecular formula is C10H10N2O3. The molecule has 1 aromatic rings. The topological polar surface area (TPSA) is 106 Å². The molecule has 0 aromatic heterocycles. The van der Waals surface area contributed by atoms with E-state index in [2.05, 4.69) is 0 Å². The van der Waals surface area contributed by atoms with Crippen molar-refractivity contribution in [3.8, 4) is 0 Å². The summed E-state index contributed by atoms with van der Waals surface area (Å²) in [4.78, 5) is 21.2. The standard InChI is InChI=1S/C10H10N2O3/c11-8(13)5-4-6-2-1-3-7(9(6)12)10(14)15/h1-5H,12H2,(H2,11,13)(H,14,15). The molecule has 1 aromatic carbocycles. The molecule has 0 saturated heterocycles. The number of primary amides is 1. The summed E-state index contributed by atoms with van der Waals surface area (Å²) >= 11 is 0. The monoisotopic (exact) mass is 206 g/mol. The number of rotatable bonds is 3. The Hall–Kier alpha value is -2.30. The highest BCUT2D eigenvalue weighted by molar-refractivity contribution is 5.97. The van der Waals surface area contributed by atoms with Gasteiger partial charge < -0.3 is 16.6 Å². The van der Waals surface area contributed by atoms with Gasteiger partial charge in [0.25, 0.3) is 0 Å². The van der Waals surface area contributed by atoms with Gasteiger partial charge in [-0.05, 0) is 17.7 Å². The van der Waals surface area contributed by atoms with Crippen LogP contribution in [0.3, 0.4) is 0 Å². The number of amides is 1. The minimum absolute atomic E-state index is 0.00150. The number of anilines is 1. The Kier molecular flexibility index (Phi) is 3.07. The summed E-state index contributed by atoms with van der Waals surface area (Å²) in [7, 11) is 0. The molecule has 5 nitrogen and oxygen atoms in total. The Balaban J connectivity index is 3.15. The smallest absolute Gasteiger partial charge is 0.337 e. The Morgan fingerprint density at radius 2 is 2.00 bits per heavy atom. The van der Waals surface area contributed by atoms with E-state index in [9.17, 15) is 9.59 Å². The Bertz CT molecular complexity index is 438. The number of carboxylic acid groups (broad SMARTS) is 1. The summed E-state index contributed by atoms with van der Waals surface area (Å²) < 4.78 is 0. The van der Waals surface area contributed by atoms with E-state index in [4.69, 9.17) is 16.6 Å². The number of hydrogen-bond acceptors (Lipinski definition) is 3. The lowest BCUT2D eigenvalue weighted by Gasteiger charge is -2.03. The molecular weight excluding hydrogens is 196 g/mol. The van der Waals surface area contributed by atoms with E-state index >= 15 is 0 Å². The van der Waals surface area contributed by atoms with Crippen molar-refractivity contribution in [1.82, 2.24) is 0 Å². The van der Waals surface area contributed by atoms with E-state index in [1.165, 1.54) is 12.1 Å². The molecule has 1 rings (SSSR count). The minimum atomic E-state index is -1.11. The normalized spacial score (nSPS) is 10.4. The first-order valence-corrected chi connectivity index (χ1v) is 4.11. The van der Waals surface area contributed by atoms with Gasteiger partial charge >= 0.3 is 5.97 Å². The minimum Gasteiger partial charge on any atom is -0.478 e. The van der Waals surface area contributed by atoms with Crippen molar-refractivity contribution in [3.63, 3.8) is 0 Å². The molecule has 15 heavy (non-hydrogen) atoms. The summed E-state index contributed by atoms with van der Waals surface area (Å²) in [5, 5.41) is 8.77. The number of para-hydroxylation sites is 1. The van der Waals surface area contributed by atoms with E-state index in [-0.39, 0.29) is 11.3 Å². The fourth-order valence-electron chi connectivity index (χ4n) is 1.09. The first kappa shape index (κ1) is 10.8. The van der Waals surface area contributed by atoms with Crippen molar-refractivity contribution >= 4 is 23.6 Å². The number of carboxylic acids is 1. The quantitative estimate of drug-likeness (QED) is 0.493. The van der Waals surface area contributed by atoms with Crippen molar-refractivity contribution in [2.75, 3.05) is 5.73 Å². The van der Waals surface area contributed by atoms with E-state index in [1.54, 1.807) is 12.1 Å². The van der Waals surface area contributed by atoms with Gasteiger partial charge in [-0.1, -0.05) is 12.1 Å². The van der Waals surface area contributed by atoms with Gasteiger partial charge in [-0.15, -0.1) is 0 Å². The second-order valence-electron chi connectivity index (χ2n) is 2.85. The van der Waals surface area contributed by atoms with E-state index in [0.717, 1.165) is 6.08 Å². The second kappa shape index (κ2) is 4.28. The van der Waals surface area contributed by atoms with Gasteiger partial charge in [0.15, 0.2) is 0 Å². The maximum Gasteiger partial charge on any atom is 0.337 e. The zero-order valence-electron chi connectivity index (χ0n) is 7.81. The highest BCUT2D eigenvalue weighted by atomic mass is 16.4. The molecule has 0 aliphatic rings. The van der Waals surface area contributed by atoms with Crippen LogP contribution < -0.4 is 11.5 Å². The zero-order chi connectivity index (χ0) is 11.4. The van der Waals surface area contributed by atoms with Gasteiger partial charge in [-0.2, -0.15) is 0 Å². The molecule has 5 N–H and O–H groups in total. The lowest BCUT2D eigenvalue weighted by atomic mass is 10.1. The van der Waals surface area contributed by atoms with Crippen molar-refractivity contribution in [2.24, 2.45) is 5.73 Å². The molecule has 0 radical (unpaired) electrons. The first-order valence-electron chi connectivity index (χ1n) is 4.11. The number of benzene rings is 1. The SMILES string of the molecule is NC(=O)C=Cc1cccc(C(=O)O)c1N. The third-order valence-corrected chi connectivity index (χ3v) is 1.80. The average molecular weight is 206 g/mol. The van der Waals surface area contributed by atoms with Gasteiger partial charge in [0.2, 0.25) is 5.91 Å². The van der Waals surface area contributed by atoms with Crippen LogP contribution in [0.25, 0.3) is 6.08 Å². The first-order chi connectivity index (χ1) is 7.02. The highest BCUT2D eigenvalue weighted by Gasteiger charge is 2.08. The molecule has 1 amide bonds. The van der Waals surface area contributed by atoms with Gasteiger partial charge in [0.05, 0.1) is 11.3 Å². The molecule has 0 heterocycles. The van der Waals surface area contributed by atoms with E-state index in [1.807, 2.05) is 0 Å². The van der Waals surface area contributed by atoms with Crippen molar-refractivity contribution in [1.29, 1.82) is 0 Å². The number of nitrogen functional groups attached to an aromatic ring is 1. The van der Waals surface area contributed by atoms with Crippen LogP contribution in [-0.2, 0) is 4.79 Å². The van der Waals surface area contributed by atoms with Gasteiger partial charge in [0, 0.05) is 6.08 Å². The molecule has 5 heteroatoms. The summed E-state index contributed by atoms with van der Waals surface area (Å²) in [6.07, 6.45) is 2.50. The van der Waals surface area contributed by atoms with Crippen molar-refractivity contribution in [3.05, 3.63) is 35.4 Å². The average Bonchev–Trinajstić information content (AvgIpc) is 2.15. The second-order valence-corrected chi connectivity index (χ2v) is 2.85. The van der Waals surface area contributed by atoms with Crippen LogP contribution in [0, 0.1) is 0 Å². The Morgan fingerprint density at radius 3 is 2.53 bits per heavy atom. The Morgan fingerprint density at radius 1 is 1.33 bits per heavy atom. The zero-order valence-corrected chi connectivity index (χ0v) is 7.81. The van der Waals surface area contributed by atoms with E-state index < -0.39 is 11.9 Å². The van der Waals surface area contributed by atoms with Crippen LogP contribution in [0.1, 0.15) is 15.9 Å². The molecule has 0 atom stereocenters. The summed E-state index contributed by atoms with van der Waals surface area (Å²) in [6.45, 7) is 0. The molecule has 78 valence electrons. The maximum atomic E-state index is 10.7. The summed E-state index contributed by atoms with van der Waals surface area (Å²) in [6, 6.07) is 4.53. The van der Waals surface area contributed by atoms with Crippen LogP contribution >= 0.6 is 0 Å². The van der Waals surface area contributed by atoms with Crippen LogP contribution in [-0.4, -0.2) is 17.0 Å². The van der Waals surface area contributed by atoms with Crippen LogP contribution in [0.4, 0.5) is 5.69 Å². The summed E-state index contributed by atoms with van der Waals surface area (Å²) in [5.74, 6) is -1.73. The molecule has 0 fully saturated rings. The molecule has 0 saturated carbocycles. The largest absolute Gasteiger partial charge is 0.478 e. The van der Waals surface area contributed by atoms with Crippen LogP contribution in [0.2, 0.25) is 0 Å². The third kappa shape index (κ3) is 2.57. The molecule has 0 aliphatic heterocycles. The number of aromatic carboxylic acids is 1.